The van der Waals surface area contributed by atoms with Crippen molar-refractivity contribution in [2.45, 2.75) is 96.8 Å². The fourth-order valence-electron chi connectivity index (χ4n) is 9.20. The van der Waals surface area contributed by atoms with Crippen LogP contribution in [0.25, 0.3) is 44.2 Å². The normalized spacial score (nSPS) is 21.1. The predicted molar refractivity (Wildman–Crippen MR) is 227 cm³/mol. The van der Waals surface area contributed by atoms with Crippen molar-refractivity contribution in [1.29, 1.82) is 0 Å². The van der Waals surface area contributed by atoms with Crippen molar-refractivity contribution in [1.82, 2.24) is 40.4 Å². The van der Waals surface area contributed by atoms with E-state index in [2.05, 4.69) is 57.9 Å². The summed E-state index contributed by atoms with van der Waals surface area (Å²) in [5, 5.41) is 7.31. The average Bonchev–Trinajstić information content (AvgIpc) is 4.08. The number of rotatable bonds is 10. The molecular formula is C45H54N8O8. The molecule has 2 saturated heterocycles. The molecule has 5 heterocycles. The van der Waals surface area contributed by atoms with E-state index in [4.69, 9.17) is 28.9 Å². The van der Waals surface area contributed by atoms with E-state index in [1.54, 1.807) is 11.8 Å². The molecular weight excluding hydrogens is 781 g/mol. The number of methoxy groups -OCH3 is 3. The zero-order chi connectivity index (χ0) is 43.3. The lowest BCUT2D eigenvalue weighted by Gasteiger charge is -2.32. The van der Waals surface area contributed by atoms with Gasteiger partial charge in [0, 0.05) is 30.6 Å². The van der Waals surface area contributed by atoms with Gasteiger partial charge in [-0.2, -0.15) is 0 Å². The van der Waals surface area contributed by atoms with Gasteiger partial charge in [0.25, 0.3) is 0 Å². The Kier molecular flexibility index (Phi) is 11.4. The fraction of sp³-hybridized carbons (Fsp3) is 0.467. The van der Waals surface area contributed by atoms with Crippen LogP contribution in [-0.2, 0) is 30.4 Å². The van der Waals surface area contributed by atoms with Gasteiger partial charge < -0.3 is 49.3 Å². The number of nitrogens with one attached hydrogen (secondary N) is 4. The van der Waals surface area contributed by atoms with Crippen molar-refractivity contribution in [2.75, 3.05) is 27.9 Å². The van der Waals surface area contributed by atoms with Crippen molar-refractivity contribution >= 4 is 45.8 Å². The second kappa shape index (κ2) is 16.7. The van der Waals surface area contributed by atoms with Crippen LogP contribution in [0.4, 0.5) is 9.59 Å². The molecule has 16 nitrogen and oxygen atoms in total. The first-order valence-electron chi connectivity index (χ1n) is 20.9. The highest BCUT2D eigenvalue weighted by Crippen LogP contribution is 2.44. The monoisotopic (exact) mass is 834 g/mol. The molecule has 0 aliphatic carbocycles. The van der Waals surface area contributed by atoms with Crippen LogP contribution in [-0.4, -0.2) is 106 Å². The van der Waals surface area contributed by atoms with Crippen LogP contribution in [0.5, 0.6) is 5.75 Å². The maximum absolute atomic E-state index is 14.0. The van der Waals surface area contributed by atoms with E-state index in [-0.39, 0.29) is 41.8 Å². The van der Waals surface area contributed by atoms with Crippen molar-refractivity contribution < 1.29 is 38.1 Å². The van der Waals surface area contributed by atoms with Gasteiger partial charge in [-0.3, -0.25) is 9.59 Å². The van der Waals surface area contributed by atoms with Crippen LogP contribution in [0.2, 0.25) is 0 Å². The summed E-state index contributed by atoms with van der Waals surface area (Å²) in [6.07, 6.45) is 2.17. The summed E-state index contributed by atoms with van der Waals surface area (Å²) in [5.41, 5.74) is 6.50. The Hall–Kier alpha value is -6.16. The number of alkyl carbamates (subject to hydrolysis) is 2. The van der Waals surface area contributed by atoms with E-state index < -0.39 is 30.4 Å². The zero-order valence-electron chi connectivity index (χ0n) is 35.8. The summed E-state index contributed by atoms with van der Waals surface area (Å²) in [6, 6.07) is 12.3. The largest absolute Gasteiger partial charge is 0.488 e. The first kappa shape index (κ1) is 41.6. The molecule has 7 atom stereocenters. The van der Waals surface area contributed by atoms with E-state index in [0.717, 1.165) is 68.3 Å². The van der Waals surface area contributed by atoms with Crippen molar-refractivity contribution in [2.24, 2.45) is 11.8 Å². The summed E-state index contributed by atoms with van der Waals surface area (Å²) < 4.78 is 21.5. The van der Waals surface area contributed by atoms with E-state index in [1.165, 1.54) is 21.3 Å². The fourth-order valence-corrected chi connectivity index (χ4v) is 9.20. The van der Waals surface area contributed by atoms with Crippen LogP contribution in [0.1, 0.15) is 83.2 Å². The summed E-state index contributed by atoms with van der Waals surface area (Å²) in [7, 11) is 4.06. The van der Waals surface area contributed by atoms with Crippen LogP contribution >= 0.6 is 0 Å². The lowest BCUT2D eigenvalue weighted by atomic mass is 9.92. The minimum atomic E-state index is -0.930. The number of nitrogens with zero attached hydrogens (tertiary/aromatic N) is 4. The number of imidazole rings is 2. The Bertz CT molecular complexity index is 2500. The number of ether oxygens (including phenoxy) is 4. The predicted octanol–water partition coefficient (Wildman–Crippen LogP) is 6.77. The smallest absolute Gasteiger partial charge is 0.407 e. The highest BCUT2D eigenvalue weighted by Gasteiger charge is 2.43. The molecule has 3 aliphatic rings. The maximum atomic E-state index is 14.0. The van der Waals surface area contributed by atoms with Gasteiger partial charge in [-0.1, -0.05) is 39.0 Å². The Morgan fingerprint density at radius 2 is 1.61 bits per heavy atom. The molecule has 0 saturated carbocycles. The molecule has 3 aromatic carbocycles. The zero-order valence-corrected chi connectivity index (χ0v) is 35.8. The van der Waals surface area contributed by atoms with Crippen molar-refractivity contribution in [3.63, 3.8) is 0 Å². The Balaban J connectivity index is 1.05. The number of aromatic nitrogens is 4. The summed E-state index contributed by atoms with van der Waals surface area (Å²) in [6.45, 7) is 10.6. The molecule has 0 spiro atoms. The standard InChI is InChI=1S/C45H54N8O8/c1-22(2)37(50-44(56)59-7)43(55)53-24(4)9-14-34(53)40-46-19-33(48-40)27-10-12-29-28(16-27)21-61-36-18-30-26(17-31(29)36)11-13-32-39(30)49-41(47-32)35-15-23(3)20-52(35)42(54)38(25(5)58-6)51-45(57)60-8/h10-13,16-19,22-25,34-35,37-38H,9,14-15,20-21H2,1-8H3,(H,46,48)(H,47,49)(H,50,56)(H,51,57). The van der Waals surface area contributed by atoms with Gasteiger partial charge in [0.05, 0.1) is 55.3 Å². The summed E-state index contributed by atoms with van der Waals surface area (Å²) in [5.74, 6) is 1.80. The van der Waals surface area contributed by atoms with Crippen molar-refractivity contribution in [3.8, 4) is 28.1 Å². The van der Waals surface area contributed by atoms with Crippen LogP contribution in [0.15, 0.2) is 48.7 Å². The van der Waals surface area contributed by atoms with Gasteiger partial charge in [0.2, 0.25) is 11.8 Å². The number of aromatic amines is 2. The van der Waals surface area contributed by atoms with Gasteiger partial charge >= 0.3 is 12.2 Å². The highest BCUT2D eigenvalue weighted by atomic mass is 16.5. The molecule has 5 aromatic rings. The minimum absolute atomic E-state index is 0.0198. The number of hydrogen-bond donors (Lipinski definition) is 4. The van der Waals surface area contributed by atoms with E-state index in [9.17, 15) is 19.2 Å². The molecule has 4 amide bonds. The van der Waals surface area contributed by atoms with Crippen LogP contribution < -0.4 is 15.4 Å². The lowest BCUT2D eigenvalue weighted by molar-refractivity contribution is -0.138. The first-order chi connectivity index (χ1) is 29.3. The Labute approximate surface area is 354 Å². The number of likely N-dealkylation sites (tertiary alicyclic amines) is 2. The Morgan fingerprint density at radius 3 is 2.33 bits per heavy atom. The molecule has 322 valence electrons. The number of carbonyl (C=O) groups is 4. The van der Waals surface area contributed by atoms with Gasteiger partial charge in [-0.05, 0) is 91.3 Å². The van der Waals surface area contributed by atoms with Crippen molar-refractivity contribution in [3.05, 3.63) is 65.9 Å². The molecule has 61 heavy (non-hydrogen) atoms. The third-order valence-electron chi connectivity index (χ3n) is 12.6. The molecule has 2 fully saturated rings. The van der Waals surface area contributed by atoms with E-state index in [0.29, 0.717) is 31.2 Å². The molecule has 3 aliphatic heterocycles. The topological polar surface area (TPSA) is 193 Å². The second-order valence-corrected chi connectivity index (χ2v) is 16.9. The molecule has 16 heteroatoms. The molecule has 0 radical (unpaired) electrons. The maximum Gasteiger partial charge on any atom is 0.407 e. The van der Waals surface area contributed by atoms with Gasteiger partial charge in [-0.25, -0.2) is 19.6 Å². The minimum Gasteiger partial charge on any atom is -0.488 e. The van der Waals surface area contributed by atoms with Gasteiger partial charge in [-0.15, -0.1) is 0 Å². The third-order valence-corrected chi connectivity index (χ3v) is 12.6. The molecule has 0 bridgehead atoms. The number of hydrogen-bond acceptors (Lipinski definition) is 10. The average molecular weight is 835 g/mol. The molecule has 7 unspecified atom stereocenters. The third kappa shape index (κ3) is 7.73. The molecule has 4 N–H and O–H groups in total. The van der Waals surface area contributed by atoms with E-state index >= 15 is 0 Å². The molecule has 8 rings (SSSR count). The van der Waals surface area contributed by atoms with Crippen LogP contribution in [0, 0.1) is 11.8 Å². The first-order valence-corrected chi connectivity index (χ1v) is 20.9. The van der Waals surface area contributed by atoms with Gasteiger partial charge in [0.1, 0.15) is 36.1 Å². The Morgan fingerprint density at radius 1 is 0.852 bits per heavy atom. The highest BCUT2D eigenvalue weighted by molar-refractivity contribution is 6.07. The number of amides is 4. The number of benzene rings is 3. The number of fused-ring (bicyclic) bond motifs is 6. The number of H-pyrrole nitrogens is 2. The van der Waals surface area contributed by atoms with Crippen LogP contribution in [0.3, 0.4) is 0 Å². The van der Waals surface area contributed by atoms with E-state index in [1.807, 2.05) is 44.0 Å². The summed E-state index contributed by atoms with van der Waals surface area (Å²) in [4.78, 5) is 72.6. The summed E-state index contributed by atoms with van der Waals surface area (Å²) >= 11 is 0. The number of carbonyl (C=O) groups excluding carboxylic acids is 4. The lowest BCUT2D eigenvalue weighted by Crippen LogP contribution is -2.54. The second-order valence-electron chi connectivity index (χ2n) is 16.9. The SMILES string of the molecule is COC(=O)NC(C(=O)N1C(C)CCC1c1ncc(-c2ccc3c(c2)COc2cc4c(ccc5[nH]c(C6CC(C)CN6C(=O)C(NC(=O)OC)C(C)OC)nc54)cc2-3)[nH]1)C(C)C. The quantitative estimate of drug-likeness (QED) is 0.117. The van der Waals surface area contributed by atoms with Gasteiger partial charge in [0.15, 0.2) is 0 Å². The molecule has 2 aromatic heterocycles.